The van der Waals surface area contributed by atoms with Gasteiger partial charge in [0.15, 0.2) is 0 Å². The molecule has 0 atom stereocenters. The average molecular weight is 186 g/mol. The van der Waals surface area contributed by atoms with E-state index in [9.17, 15) is 4.79 Å². The Morgan fingerprint density at radius 2 is 2.17 bits per heavy atom. The van der Waals surface area contributed by atoms with Crippen molar-refractivity contribution in [3.8, 4) is 0 Å². The summed E-state index contributed by atoms with van der Waals surface area (Å²) in [4.78, 5) is 11.0. The molecule has 0 fully saturated rings. The van der Waals surface area contributed by atoms with E-state index in [1.165, 1.54) is 0 Å². The molecule has 0 aromatic heterocycles. The maximum absolute atomic E-state index is 11.0. The van der Waals surface area contributed by atoms with Gasteiger partial charge in [-0.05, 0) is 25.0 Å². The highest BCUT2D eigenvalue weighted by Gasteiger charge is 2.38. The van der Waals surface area contributed by atoms with Gasteiger partial charge >= 0.3 is 5.97 Å². The number of carboxylic acids is 1. The molecule has 0 aliphatic heterocycles. The van der Waals surface area contributed by atoms with E-state index in [1.807, 2.05) is 12.2 Å². The van der Waals surface area contributed by atoms with E-state index in [4.69, 9.17) is 5.11 Å². The number of allylic oxidation sites excluding steroid dienone is 2. The van der Waals surface area contributed by atoms with Gasteiger partial charge < -0.3 is 5.11 Å². The molecule has 1 rings (SSSR count). The van der Waals surface area contributed by atoms with Gasteiger partial charge in [0.1, 0.15) is 4.75 Å². The quantitative estimate of drug-likeness (QED) is 0.684. The van der Waals surface area contributed by atoms with Crippen LogP contribution >= 0.6 is 11.8 Å². The van der Waals surface area contributed by atoms with Gasteiger partial charge in [0, 0.05) is 0 Å². The van der Waals surface area contributed by atoms with Crippen LogP contribution in [0.25, 0.3) is 0 Å². The first-order valence-corrected chi connectivity index (χ1v) is 5.22. The third-order valence-corrected chi connectivity index (χ3v) is 3.71. The second-order valence-corrected chi connectivity index (χ2v) is 4.51. The average Bonchev–Trinajstić information content (AvgIpc) is 2.50. The van der Waals surface area contributed by atoms with E-state index < -0.39 is 10.7 Å². The zero-order valence-electron chi connectivity index (χ0n) is 7.25. The summed E-state index contributed by atoms with van der Waals surface area (Å²) in [5, 5.41) is 9.03. The van der Waals surface area contributed by atoms with Crippen molar-refractivity contribution in [3.05, 3.63) is 12.2 Å². The van der Waals surface area contributed by atoms with E-state index in [-0.39, 0.29) is 0 Å². The molecular formula is C9H14O2S. The Hall–Kier alpha value is -0.440. The summed E-state index contributed by atoms with van der Waals surface area (Å²) >= 11 is 1.58. The molecule has 1 N–H and O–H groups in total. The molecule has 0 aromatic carbocycles. The fourth-order valence-electron chi connectivity index (χ4n) is 1.28. The lowest BCUT2D eigenvalue weighted by Crippen LogP contribution is -2.32. The van der Waals surface area contributed by atoms with E-state index in [0.717, 1.165) is 12.2 Å². The Morgan fingerprint density at radius 1 is 1.58 bits per heavy atom. The SMILES string of the molecule is CCCSC1(C(=O)O)CC=CC1. The van der Waals surface area contributed by atoms with Crippen LogP contribution in [0, 0.1) is 0 Å². The van der Waals surface area contributed by atoms with Crippen LogP contribution in [0.15, 0.2) is 12.2 Å². The number of hydrogen-bond donors (Lipinski definition) is 1. The fourth-order valence-corrected chi connectivity index (χ4v) is 2.43. The molecule has 0 heterocycles. The Bertz CT molecular complexity index is 191. The van der Waals surface area contributed by atoms with Crippen molar-refractivity contribution in [2.75, 3.05) is 5.75 Å². The Kier molecular flexibility index (Phi) is 3.20. The maximum Gasteiger partial charge on any atom is 0.320 e. The maximum atomic E-state index is 11.0. The number of hydrogen-bond acceptors (Lipinski definition) is 2. The molecule has 1 aliphatic rings. The predicted octanol–water partition coefficient (Wildman–Crippen LogP) is 2.30. The third kappa shape index (κ3) is 1.83. The standard InChI is InChI=1S/C9H14O2S/c1-2-7-12-9(8(10)11)5-3-4-6-9/h3-4H,2,5-7H2,1H3,(H,10,11). The lowest BCUT2D eigenvalue weighted by Gasteiger charge is -2.22. The van der Waals surface area contributed by atoms with Crippen LogP contribution in [0.2, 0.25) is 0 Å². The lowest BCUT2D eigenvalue weighted by atomic mass is 10.1. The van der Waals surface area contributed by atoms with Crippen LogP contribution in [-0.4, -0.2) is 21.6 Å². The van der Waals surface area contributed by atoms with Crippen molar-refractivity contribution >= 4 is 17.7 Å². The van der Waals surface area contributed by atoms with Gasteiger partial charge in [-0.3, -0.25) is 4.79 Å². The third-order valence-electron chi connectivity index (χ3n) is 2.03. The first-order valence-electron chi connectivity index (χ1n) is 4.23. The van der Waals surface area contributed by atoms with Gasteiger partial charge in [0.05, 0.1) is 0 Å². The largest absolute Gasteiger partial charge is 0.480 e. The molecule has 0 radical (unpaired) electrons. The van der Waals surface area contributed by atoms with Gasteiger partial charge in [-0.15, -0.1) is 11.8 Å². The number of carbonyl (C=O) groups is 1. The smallest absolute Gasteiger partial charge is 0.320 e. The van der Waals surface area contributed by atoms with Crippen LogP contribution in [0.4, 0.5) is 0 Å². The van der Waals surface area contributed by atoms with Crippen molar-refractivity contribution in [3.63, 3.8) is 0 Å². The van der Waals surface area contributed by atoms with E-state index in [2.05, 4.69) is 6.92 Å². The zero-order chi connectivity index (χ0) is 9.03. The first-order chi connectivity index (χ1) is 5.71. The number of carboxylic acid groups (broad SMARTS) is 1. The minimum Gasteiger partial charge on any atom is -0.480 e. The normalized spacial score (nSPS) is 19.8. The van der Waals surface area contributed by atoms with Gasteiger partial charge in [0.25, 0.3) is 0 Å². The van der Waals surface area contributed by atoms with Crippen molar-refractivity contribution < 1.29 is 9.90 Å². The number of rotatable bonds is 4. The molecule has 0 spiro atoms. The summed E-state index contributed by atoms with van der Waals surface area (Å²) in [6.45, 7) is 2.07. The van der Waals surface area contributed by atoms with E-state index in [0.29, 0.717) is 12.8 Å². The van der Waals surface area contributed by atoms with Crippen molar-refractivity contribution in [1.29, 1.82) is 0 Å². The van der Waals surface area contributed by atoms with Crippen molar-refractivity contribution in [2.24, 2.45) is 0 Å². The fraction of sp³-hybridized carbons (Fsp3) is 0.667. The monoisotopic (exact) mass is 186 g/mol. The molecule has 68 valence electrons. The van der Waals surface area contributed by atoms with Crippen LogP contribution in [0.1, 0.15) is 26.2 Å². The van der Waals surface area contributed by atoms with Crippen LogP contribution < -0.4 is 0 Å². The number of aliphatic carboxylic acids is 1. The highest BCUT2D eigenvalue weighted by Crippen LogP contribution is 2.38. The Labute approximate surface area is 77.0 Å². The minimum absolute atomic E-state index is 0.532. The molecule has 0 bridgehead atoms. The highest BCUT2D eigenvalue weighted by molar-refractivity contribution is 8.01. The molecule has 2 nitrogen and oxygen atoms in total. The van der Waals surface area contributed by atoms with Gasteiger partial charge in [-0.2, -0.15) is 0 Å². The highest BCUT2D eigenvalue weighted by atomic mass is 32.2. The number of thioether (sulfide) groups is 1. The van der Waals surface area contributed by atoms with Gasteiger partial charge in [-0.1, -0.05) is 19.1 Å². The van der Waals surface area contributed by atoms with Crippen molar-refractivity contribution in [2.45, 2.75) is 30.9 Å². The predicted molar refractivity (Wildman–Crippen MR) is 51.5 cm³/mol. The second kappa shape index (κ2) is 3.99. The molecular weight excluding hydrogens is 172 g/mol. The van der Waals surface area contributed by atoms with E-state index >= 15 is 0 Å². The summed E-state index contributed by atoms with van der Waals surface area (Å²) in [5.41, 5.74) is 0. The molecule has 12 heavy (non-hydrogen) atoms. The summed E-state index contributed by atoms with van der Waals surface area (Å²) in [7, 11) is 0. The minimum atomic E-state index is -0.661. The molecule has 0 saturated heterocycles. The van der Waals surface area contributed by atoms with Crippen LogP contribution in [0.5, 0.6) is 0 Å². The molecule has 1 aliphatic carbocycles. The summed E-state index contributed by atoms with van der Waals surface area (Å²) in [5.74, 6) is 0.277. The Balaban J connectivity index is 2.55. The summed E-state index contributed by atoms with van der Waals surface area (Å²) < 4.78 is -0.532. The van der Waals surface area contributed by atoms with Gasteiger partial charge in [0.2, 0.25) is 0 Å². The molecule has 3 heteroatoms. The molecule has 0 aromatic rings. The van der Waals surface area contributed by atoms with Crippen molar-refractivity contribution in [1.82, 2.24) is 0 Å². The summed E-state index contributed by atoms with van der Waals surface area (Å²) in [6, 6.07) is 0. The van der Waals surface area contributed by atoms with E-state index in [1.54, 1.807) is 11.8 Å². The second-order valence-electron chi connectivity index (χ2n) is 3.03. The summed E-state index contributed by atoms with van der Waals surface area (Å²) in [6.07, 6.45) is 6.35. The Morgan fingerprint density at radius 3 is 2.58 bits per heavy atom. The topological polar surface area (TPSA) is 37.3 Å². The molecule has 0 amide bonds. The van der Waals surface area contributed by atoms with Crippen LogP contribution in [-0.2, 0) is 4.79 Å². The molecule has 0 unspecified atom stereocenters. The zero-order valence-corrected chi connectivity index (χ0v) is 8.06. The van der Waals surface area contributed by atoms with Crippen LogP contribution in [0.3, 0.4) is 0 Å². The lowest BCUT2D eigenvalue weighted by molar-refractivity contribution is -0.139. The van der Waals surface area contributed by atoms with Gasteiger partial charge in [-0.25, -0.2) is 0 Å². The molecule has 0 saturated carbocycles. The first kappa shape index (κ1) is 9.65.